The Bertz CT molecular complexity index is 1750. The van der Waals surface area contributed by atoms with E-state index in [0.717, 1.165) is 38.2 Å². The van der Waals surface area contributed by atoms with E-state index in [0.29, 0.717) is 22.5 Å². The number of anilines is 2. The zero-order chi connectivity index (χ0) is 32.1. The molecule has 1 fully saturated rings. The molecular formula is C38H35F2N3O3. The number of alkyl halides is 2. The molecule has 6 nitrogen and oxygen atoms in total. The Kier molecular flexibility index (Phi) is 9.08. The molecule has 2 N–H and O–H groups in total. The van der Waals surface area contributed by atoms with E-state index in [1.165, 1.54) is 0 Å². The predicted octanol–water partition coefficient (Wildman–Crippen LogP) is 7.15. The lowest BCUT2D eigenvalue weighted by atomic mass is 9.84. The maximum Gasteiger partial charge on any atom is 0.275 e. The van der Waals surface area contributed by atoms with Crippen LogP contribution >= 0.6 is 0 Å². The molecule has 2 amide bonds. The van der Waals surface area contributed by atoms with Gasteiger partial charge in [0.25, 0.3) is 11.8 Å². The van der Waals surface area contributed by atoms with E-state index in [1.807, 2.05) is 24.3 Å². The highest BCUT2D eigenvalue weighted by Gasteiger charge is 2.43. The fourth-order valence-electron chi connectivity index (χ4n) is 6.61. The number of hydrogen-bond acceptors (Lipinski definition) is 4. The Morgan fingerprint density at radius 2 is 1.57 bits per heavy atom. The van der Waals surface area contributed by atoms with Crippen molar-refractivity contribution in [2.45, 2.75) is 56.5 Å². The van der Waals surface area contributed by atoms with Gasteiger partial charge in [-0.3, -0.25) is 9.59 Å². The number of rotatable bonds is 6. The summed E-state index contributed by atoms with van der Waals surface area (Å²) in [6.45, 7) is -0.112. The fraction of sp³-hybridized carbons (Fsp3) is 0.263. The number of hydrogen-bond donors (Lipinski definition) is 2. The highest BCUT2D eigenvalue weighted by Crippen LogP contribution is 2.45. The maximum atomic E-state index is 15.9. The van der Waals surface area contributed by atoms with Crippen molar-refractivity contribution in [2.24, 2.45) is 0 Å². The molecule has 46 heavy (non-hydrogen) atoms. The second-order valence-electron chi connectivity index (χ2n) is 11.9. The van der Waals surface area contributed by atoms with Gasteiger partial charge in [-0.1, -0.05) is 98.1 Å². The normalized spacial score (nSPS) is 20.5. The Morgan fingerprint density at radius 3 is 2.28 bits per heavy atom. The average Bonchev–Trinajstić information content (AvgIpc) is 3.18. The summed E-state index contributed by atoms with van der Waals surface area (Å²) in [5.74, 6) is -2.17. The summed E-state index contributed by atoms with van der Waals surface area (Å²) in [5.41, 5.74) is 2.36. The van der Waals surface area contributed by atoms with E-state index in [4.69, 9.17) is 0 Å². The molecule has 0 saturated heterocycles. The van der Waals surface area contributed by atoms with E-state index >= 15 is 8.78 Å². The predicted molar refractivity (Wildman–Crippen MR) is 177 cm³/mol. The highest BCUT2D eigenvalue weighted by atomic mass is 19.3. The SMILES string of the molecule is O=C=C1C(c2ccccc2)=C(C(=O)Nc2ccccc2)C=CC1N1CCC(F)(F)C(=CC(=O)NC2CCCCC2)c2ccccc21. The van der Waals surface area contributed by atoms with Crippen molar-refractivity contribution >= 4 is 40.3 Å². The van der Waals surface area contributed by atoms with Gasteiger partial charge in [-0.25, -0.2) is 13.6 Å². The van der Waals surface area contributed by atoms with Gasteiger partial charge in [0.15, 0.2) is 0 Å². The molecule has 0 bridgehead atoms. The smallest absolute Gasteiger partial charge is 0.275 e. The summed E-state index contributed by atoms with van der Waals surface area (Å²) in [6.07, 6.45) is 8.61. The first-order chi connectivity index (χ1) is 22.4. The summed E-state index contributed by atoms with van der Waals surface area (Å²) in [4.78, 5) is 41.2. The molecule has 6 rings (SSSR count). The summed E-state index contributed by atoms with van der Waals surface area (Å²) < 4.78 is 31.9. The van der Waals surface area contributed by atoms with Crippen molar-refractivity contribution in [3.8, 4) is 0 Å². The zero-order valence-corrected chi connectivity index (χ0v) is 25.3. The summed E-state index contributed by atoms with van der Waals surface area (Å²) in [6, 6.07) is 23.9. The van der Waals surface area contributed by atoms with Gasteiger partial charge in [0, 0.05) is 58.7 Å². The molecule has 8 heteroatoms. The van der Waals surface area contributed by atoms with Gasteiger partial charge in [0.1, 0.15) is 5.94 Å². The molecule has 3 aliphatic rings. The number of para-hydroxylation sites is 2. The minimum Gasteiger partial charge on any atom is -0.359 e. The largest absolute Gasteiger partial charge is 0.359 e. The van der Waals surface area contributed by atoms with E-state index < -0.39 is 30.2 Å². The highest BCUT2D eigenvalue weighted by molar-refractivity contribution is 6.15. The van der Waals surface area contributed by atoms with Gasteiger partial charge < -0.3 is 15.5 Å². The minimum atomic E-state index is -3.31. The lowest BCUT2D eigenvalue weighted by Gasteiger charge is -2.35. The van der Waals surface area contributed by atoms with Crippen LogP contribution in [0.3, 0.4) is 0 Å². The molecule has 1 atom stereocenters. The Morgan fingerprint density at radius 1 is 0.891 bits per heavy atom. The van der Waals surface area contributed by atoms with Gasteiger partial charge in [-0.15, -0.1) is 0 Å². The molecule has 3 aromatic rings. The van der Waals surface area contributed by atoms with Crippen LogP contribution in [0.5, 0.6) is 0 Å². The van der Waals surface area contributed by atoms with Gasteiger partial charge in [0.2, 0.25) is 5.91 Å². The molecule has 0 radical (unpaired) electrons. The van der Waals surface area contributed by atoms with Crippen LogP contribution in [-0.4, -0.2) is 42.3 Å². The van der Waals surface area contributed by atoms with Crippen LogP contribution < -0.4 is 15.5 Å². The second-order valence-corrected chi connectivity index (χ2v) is 11.9. The average molecular weight is 620 g/mol. The number of benzene rings is 3. The third-order valence-corrected chi connectivity index (χ3v) is 8.86. The monoisotopic (exact) mass is 619 g/mol. The number of fused-ring (bicyclic) bond motifs is 1. The van der Waals surface area contributed by atoms with Crippen LogP contribution in [-0.2, 0) is 14.4 Å². The summed E-state index contributed by atoms with van der Waals surface area (Å²) in [5, 5.41) is 5.82. The van der Waals surface area contributed by atoms with Crippen molar-refractivity contribution in [2.75, 3.05) is 16.8 Å². The zero-order valence-electron chi connectivity index (χ0n) is 25.3. The van der Waals surface area contributed by atoms with Crippen molar-refractivity contribution < 1.29 is 23.2 Å². The molecule has 1 unspecified atom stereocenters. The van der Waals surface area contributed by atoms with E-state index in [9.17, 15) is 14.4 Å². The number of allylic oxidation sites excluding steroid dienone is 1. The fourth-order valence-corrected chi connectivity index (χ4v) is 6.61. The Balaban J connectivity index is 1.39. The number of nitrogens with one attached hydrogen (secondary N) is 2. The van der Waals surface area contributed by atoms with Gasteiger partial charge >= 0.3 is 0 Å². The van der Waals surface area contributed by atoms with Crippen molar-refractivity contribution in [1.82, 2.24) is 5.32 Å². The summed E-state index contributed by atoms with van der Waals surface area (Å²) in [7, 11) is 0. The van der Waals surface area contributed by atoms with Gasteiger partial charge in [0.05, 0.1) is 11.6 Å². The van der Waals surface area contributed by atoms with Crippen LogP contribution in [0.4, 0.5) is 20.2 Å². The van der Waals surface area contributed by atoms with Crippen LogP contribution in [0.15, 0.2) is 114 Å². The first-order valence-corrected chi connectivity index (χ1v) is 15.7. The number of halogens is 2. The molecule has 0 spiro atoms. The third kappa shape index (κ3) is 6.49. The quantitative estimate of drug-likeness (QED) is 0.227. The Hall–Kier alpha value is -5.07. The maximum absolute atomic E-state index is 15.9. The number of amides is 2. The molecule has 3 aromatic carbocycles. The van der Waals surface area contributed by atoms with E-state index in [1.54, 1.807) is 77.7 Å². The summed E-state index contributed by atoms with van der Waals surface area (Å²) >= 11 is 0. The third-order valence-electron chi connectivity index (χ3n) is 8.86. The van der Waals surface area contributed by atoms with Gasteiger partial charge in [-0.05, 0) is 36.6 Å². The molecule has 1 saturated carbocycles. The molecule has 2 aliphatic carbocycles. The second kappa shape index (κ2) is 13.5. The Labute approximate surface area is 267 Å². The molecule has 234 valence electrons. The lowest BCUT2D eigenvalue weighted by Crippen LogP contribution is -2.39. The van der Waals surface area contributed by atoms with E-state index in [2.05, 4.69) is 16.6 Å². The first kappa shape index (κ1) is 30.9. The standard InChI is InChI=1S/C38H35F2N3O3/c39-38(40)22-23-43(33-19-11-10-18-29(33)32(38)24-35(45)41-27-14-6-2-7-15-27)34-21-20-30(37(46)42-28-16-8-3-9-17-28)36(31(34)25-44)26-12-4-1-5-13-26/h1,3-5,8-13,16-21,24,27,34H,2,6-7,14-15,22-23H2,(H,41,45)(H,42,46). The van der Waals surface area contributed by atoms with E-state index in [-0.39, 0.29) is 34.9 Å². The molecule has 1 aliphatic heterocycles. The van der Waals surface area contributed by atoms with Crippen LogP contribution in [0.1, 0.15) is 49.7 Å². The molecule has 1 heterocycles. The lowest BCUT2D eigenvalue weighted by molar-refractivity contribution is -0.117. The number of carbonyl (C=O) groups is 2. The topological polar surface area (TPSA) is 78.5 Å². The van der Waals surface area contributed by atoms with Gasteiger partial charge in [-0.2, -0.15) is 0 Å². The number of nitrogens with zero attached hydrogens (tertiary/aromatic N) is 1. The molecule has 0 aromatic heterocycles. The van der Waals surface area contributed by atoms with Crippen molar-refractivity contribution in [1.29, 1.82) is 0 Å². The number of carbonyl (C=O) groups excluding carboxylic acids is 3. The minimum absolute atomic E-state index is 0.0200. The van der Waals surface area contributed by atoms with Crippen LogP contribution in [0.2, 0.25) is 0 Å². The van der Waals surface area contributed by atoms with Crippen LogP contribution in [0.25, 0.3) is 11.1 Å². The van der Waals surface area contributed by atoms with Crippen molar-refractivity contribution in [3.63, 3.8) is 0 Å². The van der Waals surface area contributed by atoms with Crippen molar-refractivity contribution in [3.05, 3.63) is 125 Å². The first-order valence-electron chi connectivity index (χ1n) is 15.7. The molecular weight excluding hydrogens is 584 g/mol. The van der Waals surface area contributed by atoms with Crippen LogP contribution in [0, 0.1) is 0 Å².